The lowest BCUT2D eigenvalue weighted by atomic mass is 10.3. The monoisotopic (exact) mass is 416 g/mol. The largest absolute Gasteiger partial charge is 0.353 e. The SMILES string of the molecule is Cc1cc(C)n(-c2cc(N3CCN(C(=O)Cn4cnc5ccccc54)CC3)ncn2)n1. The number of rotatable bonds is 4. The van der Waals surface area contributed by atoms with Gasteiger partial charge in [0.1, 0.15) is 18.7 Å². The van der Waals surface area contributed by atoms with Crippen LogP contribution in [0.25, 0.3) is 16.9 Å². The number of amides is 1. The normalized spacial score (nSPS) is 14.4. The lowest BCUT2D eigenvalue weighted by Gasteiger charge is -2.35. The van der Waals surface area contributed by atoms with Crippen LogP contribution in [0.3, 0.4) is 0 Å². The van der Waals surface area contributed by atoms with Crippen molar-refractivity contribution in [3.63, 3.8) is 0 Å². The van der Waals surface area contributed by atoms with Gasteiger partial charge in [-0.25, -0.2) is 19.6 Å². The summed E-state index contributed by atoms with van der Waals surface area (Å²) in [5.74, 6) is 1.71. The first-order chi connectivity index (χ1) is 15.1. The minimum Gasteiger partial charge on any atom is -0.353 e. The molecule has 0 unspecified atom stereocenters. The van der Waals surface area contributed by atoms with Gasteiger partial charge in [-0.15, -0.1) is 0 Å². The smallest absolute Gasteiger partial charge is 0.242 e. The topological polar surface area (TPSA) is 85.0 Å². The second-order valence-corrected chi connectivity index (χ2v) is 7.80. The number of aryl methyl sites for hydroxylation is 2. The number of para-hydroxylation sites is 2. The van der Waals surface area contributed by atoms with E-state index in [-0.39, 0.29) is 5.91 Å². The predicted octanol–water partition coefficient (Wildman–Crippen LogP) is 1.98. The minimum absolute atomic E-state index is 0.105. The molecule has 1 aliphatic heterocycles. The Balaban J connectivity index is 1.25. The molecule has 0 saturated carbocycles. The first-order valence-corrected chi connectivity index (χ1v) is 10.4. The summed E-state index contributed by atoms with van der Waals surface area (Å²) in [6.45, 7) is 7.05. The molecule has 1 aromatic carbocycles. The van der Waals surface area contributed by atoms with Gasteiger partial charge >= 0.3 is 0 Å². The molecule has 0 radical (unpaired) electrons. The van der Waals surface area contributed by atoms with Crippen LogP contribution in [0.1, 0.15) is 11.4 Å². The molecule has 1 saturated heterocycles. The molecule has 0 atom stereocenters. The number of piperazine rings is 1. The van der Waals surface area contributed by atoms with Gasteiger partial charge in [0, 0.05) is 37.9 Å². The Hall–Kier alpha value is -3.75. The fraction of sp³-hybridized carbons (Fsp3) is 0.318. The van der Waals surface area contributed by atoms with Crippen LogP contribution in [0.4, 0.5) is 5.82 Å². The molecule has 5 rings (SSSR count). The van der Waals surface area contributed by atoms with Gasteiger partial charge in [0.05, 0.1) is 23.1 Å². The van der Waals surface area contributed by atoms with E-state index in [1.165, 1.54) is 0 Å². The molecule has 1 fully saturated rings. The number of carbonyl (C=O) groups excluding carboxylic acids is 1. The number of imidazole rings is 1. The van der Waals surface area contributed by atoms with Gasteiger partial charge in [0.25, 0.3) is 0 Å². The van der Waals surface area contributed by atoms with E-state index in [0.29, 0.717) is 19.6 Å². The third-order valence-corrected chi connectivity index (χ3v) is 5.65. The van der Waals surface area contributed by atoms with Crippen LogP contribution >= 0.6 is 0 Å². The fourth-order valence-electron chi connectivity index (χ4n) is 4.05. The molecular formula is C22H24N8O. The zero-order valence-electron chi connectivity index (χ0n) is 17.6. The number of aromatic nitrogens is 6. The highest BCUT2D eigenvalue weighted by Crippen LogP contribution is 2.18. The van der Waals surface area contributed by atoms with Crippen LogP contribution in [0.5, 0.6) is 0 Å². The highest BCUT2D eigenvalue weighted by molar-refractivity contribution is 5.80. The number of nitrogens with zero attached hydrogens (tertiary/aromatic N) is 8. The summed E-state index contributed by atoms with van der Waals surface area (Å²) in [6.07, 6.45) is 3.31. The van der Waals surface area contributed by atoms with Crippen molar-refractivity contribution in [2.75, 3.05) is 31.1 Å². The summed E-state index contributed by atoms with van der Waals surface area (Å²) in [5.41, 5.74) is 3.87. The zero-order chi connectivity index (χ0) is 21.4. The van der Waals surface area contributed by atoms with Crippen LogP contribution in [0.15, 0.2) is 49.1 Å². The highest BCUT2D eigenvalue weighted by Gasteiger charge is 2.23. The fourth-order valence-corrected chi connectivity index (χ4v) is 4.05. The van der Waals surface area contributed by atoms with E-state index in [1.807, 2.05) is 64.4 Å². The van der Waals surface area contributed by atoms with E-state index in [2.05, 4.69) is 25.0 Å². The molecule has 158 valence electrons. The van der Waals surface area contributed by atoms with Crippen molar-refractivity contribution >= 4 is 22.8 Å². The average Bonchev–Trinajstić information content (AvgIpc) is 3.36. The Morgan fingerprint density at radius 1 is 0.968 bits per heavy atom. The third kappa shape index (κ3) is 3.74. The average molecular weight is 416 g/mol. The molecule has 0 bridgehead atoms. The van der Waals surface area contributed by atoms with Crippen molar-refractivity contribution in [2.24, 2.45) is 0 Å². The quantitative estimate of drug-likeness (QED) is 0.506. The van der Waals surface area contributed by atoms with E-state index in [9.17, 15) is 4.79 Å². The zero-order valence-corrected chi connectivity index (χ0v) is 17.6. The number of anilines is 1. The van der Waals surface area contributed by atoms with Crippen molar-refractivity contribution in [1.82, 2.24) is 34.2 Å². The molecule has 4 aromatic rings. The molecular weight excluding hydrogens is 392 g/mol. The van der Waals surface area contributed by atoms with Crippen molar-refractivity contribution in [3.05, 3.63) is 60.4 Å². The summed E-state index contributed by atoms with van der Waals surface area (Å²) in [6, 6.07) is 11.8. The molecule has 1 aliphatic rings. The Labute approximate surface area is 180 Å². The Bertz CT molecular complexity index is 1240. The van der Waals surface area contributed by atoms with E-state index in [4.69, 9.17) is 0 Å². The lowest BCUT2D eigenvalue weighted by molar-refractivity contribution is -0.132. The minimum atomic E-state index is 0.105. The lowest BCUT2D eigenvalue weighted by Crippen LogP contribution is -2.49. The summed E-state index contributed by atoms with van der Waals surface area (Å²) in [7, 11) is 0. The van der Waals surface area contributed by atoms with Gasteiger partial charge in [-0.05, 0) is 32.0 Å². The van der Waals surface area contributed by atoms with Crippen LogP contribution in [-0.4, -0.2) is 66.3 Å². The Morgan fingerprint density at radius 2 is 1.74 bits per heavy atom. The van der Waals surface area contributed by atoms with Gasteiger partial charge < -0.3 is 14.4 Å². The van der Waals surface area contributed by atoms with Gasteiger partial charge in [-0.2, -0.15) is 5.10 Å². The number of carbonyl (C=O) groups is 1. The maximum Gasteiger partial charge on any atom is 0.242 e. The molecule has 9 nitrogen and oxygen atoms in total. The van der Waals surface area contributed by atoms with Crippen molar-refractivity contribution in [3.8, 4) is 5.82 Å². The molecule has 0 N–H and O–H groups in total. The molecule has 9 heteroatoms. The van der Waals surface area contributed by atoms with Gasteiger partial charge in [0.15, 0.2) is 5.82 Å². The molecule has 3 aromatic heterocycles. The standard InChI is InChI=1S/C22H24N8O/c1-16-11-17(2)30(26-16)21-12-20(23-14-24-21)27-7-9-28(10-8-27)22(31)13-29-15-25-18-5-3-4-6-19(18)29/h3-6,11-12,14-15H,7-10,13H2,1-2H3. The van der Waals surface area contributed by atoms with Gasteiger partial charge in [0.2, 0.25) is 5.91 Å². The van der Waals surface area contributed by atoms with Crippen LogP contribution in [-0.2, 0) is 11.3 Å². The summed E-state index contributed by atoms with van der Waals surface area (Å²) in [5, 5.41) is 4.51. The van der Waals surface area contributed by atoms with E-state index in [0.717, 1.165) is 47.1 Å². The Morgan fingerprint density at radius 3 is 2.52 bits per heavy atom. The first-order valence-electron chi connectivity index (χ1n) is 10.4. The van der Waals surface area contributed by atoms with E-state index < -0.39 is 0 Å². The Kier molecular flexibility index (Phi) is 4.85. The number of hydrogen-bond acceptors (Lipinski definition) is 6. The number of benzene rings is 1. The molecule has 1 amide bonds. The van der Waals surface area contributed by atoms with Gasteiger partial charge in [-0.1, -0.05) is 12.1 Å². The van der Waals surface area contributed by atoms with Gasteiger partial charge in [-0.3, -0.25) is 4.79 Å². The predicted molar refractivity (Wildman–Crippen MR) is 117 cm³/mol. The summed E-state index contributed by atoms with van der Waals surface area (Å²) >= 11 is 0. The number of hydrogen-bond donors (Lipinski definition) is 0. The van der Waals surface area contributed by atoms with Crippen LogP contribution in [0, 0.1) is 13.8 Å². The van der Waals surface area contributed by atoms with Crippen molar-refractivity contribution in [2.45, 2.75) is 20.4 Å². The van der Waals surface area contributed by atoms with E-state index >= 15 is 0 Å². The van der Waals surface area contributed by atoms with Crippen LogP contribution in [0.2, 0.25) is 0 Å². The number of fused-ring (bicyclic) bond motifs is 1. The summed E-state index contributed by atoms with van der Waals surface area (Å²) in [4.78, 5) is 30.1. The maximum atomic E-state index is 12.9. The van der Waals surface area contributed by atoms with Crippen LogP contribution < -0.4 is 4.90 Å². The van der Waals surface area contributed by atoms with Crippen molar-refractivity contribution in [1.29, 1.82) is 0 Å². The molecule has 0 aliphatic carbocycles. The van der Waals surface area contributed by atoms with E-state index in [1.54, 1.807) is 12.7 Å². The summed E-state index contributed by atoms with van der Waals surface area (Å²) < 4.78 is 3.74. The highest BCUT2D eigenvalue weighted by atomic mass is 16.2. The molecule has 31 heavy (non-hydrogen) atoms. The molecule has 4 heterocycles. The molecule has 0 spiro atoms. The first kappa shape index (κ1) is 19.2. The second kappa shape index (κ2) is 7.82. The third-order valence-electron chi connectivity index (χ3n) is 5.65. The second-order valence-electron chi connectivity index (χ2n) is 7.80. The maximum absolute atomic E-state index is 12.9. The van der Waals surface area contributed by atoms with Crippen molar-refractivity contribution < 1.29 is 4.79 Å².